The second-order valence-electron chi connectivity index (χ2n) is 13.1. The number of β-amino-alcohol motifs (C(OH)–C–C–N with tert-alkyl or cyclic N) is 1. The minimum absolute atomic E-state index is 0.0170. The number of hydrogen-bond donors (Lipinski definition) is 2. The minimum atomic E-state index is -1.05. The molecule has 2 heterocycles. The third kappa shape index (κ3) is 7.89. The summed E-state index contributed by atoms with van der Waals surface area (Å²) in [6.45, 7) is 6.32. The fraction of sp³-hybridized carbons (Fsp3) is 0.444. The molecular weight excluding hydrogens is 568 g/mol. The number of benzene rings is 2. The van der Waals surface area contributed by atoms with Gasteiger partial charge in [0.1, 0.15) is 18.7 Å². The van der Waals surface area contributed by atoms with Gasteiger partial charge < -0.3 is 15.2 Å². The predicted molar refractivity (Wildman–Crippen MR) is 172 cm³/mol. The first-order valence-electron chi connectivity index (χ1n) is 15.9. The molecule has 9 heteroatoms. The fourth-order valence-electron chi connectivity index (χ4n) is 6.22. The Morgan fingerprint density at radius 2 is 1.71 bits per heavy atom. The molecule has 1 aliphatic heterocycles. The normalized spacial score (nSPS) is 19.5. The van der Waals surface area contributed by atoms with Crippen molar-refractivity contribution in [3.63, 3.8) is 0 Å². The van der Waals surface area contributed by atoms with Gasteiger partial charge in [-0.3, -0.25) is 24.4 Å². The van der Waals surface area contributed by atoms with E-state index in [4.69, 9.17) is 4.74 Å². The van der Waals surface area contributed by atoms with Crippen molar-refractivity contribution < 1.29 is 24.2 Å². The molecule has 2 aromatic carbocycles. The smallest absolute Gasteiger partial charge is 0.410 e. The number of ether oxygens (including phenoxy) is 1. The van der Waals surface area contributed by atoms with Crippen molar-refractivity contribution >= 4 is 23.6 Å². The van der Waals surface area contributed by atoms with E-state index in [1.165, 1.54) is 9.80 Å². The molecule has 3 atom stereocenters. The summed E-state index contributed by atoms with van der Waals surface area (Å²) in [5.74, 6) is -0.778. The van der Waals surface area contributed by atoms with Gasteiger partial charge in [0.2, 0.25) is 5.91 Å². The summed E-state index contributed by atoms with van der Waals surface area (Å²) in [5, 5.41) is 13.9. The van der Waals surface area contributed by atoms with Gasteiger partial charge in [0.05, 0.1) is 12.6 Å². The van der Waals surface area contributed by atoms with Crippen LogP contribution in [0.2, 0.25) is 0 Å². The van der Waals surface area contributed by atoms with Crippen LogP contribution in [0.25, 0.3) is 0 Å². The summed E-state index contributed by atoms with van der Waals surface area (Å²) in [7, 11) is 0. The monoisotopic (exact) mass is 612 g/mol. The Balaban J connectivity index is 1.51. The van der Waals surface area contributed by atoms with Crippen molar-refractivity contribution in [1.82, 2.24) is 15.2 Å². The van der Waals surface area contributed by atoms with Gasteiger partial charge in [-0.2, -0.15) is 0 Å². The van der Waals surface area contributed by atoms with E-state index in [1.54, 1.807) is 24.5 Å². The van der Waals surface area contributed by atoms with Crippen LogP contribution in [-0.2, 0) is 26.3 Å². The maximum absolute atomic E-state index is 14.7. The highest BCUT2D eigenvalue weighted by molar-refractivity contribution is 6.04. The van der Waals surface area contributed by atoms with Gasteiger partial charge in [-0.25, -0.2) is 4.79 Å². The lowest BCUT2D eigenvalue weighted by molar-refractivity contribution is -0.129. The predicted octanol–water partition coefficient (Wildman–Crippen LogP) is 5.67. The lowest BCUT2D eigenvalue weighted by Crippen LogP contribution is -2.53. The molecule has 1 saturated heterocycles. The van der Waals surface area contributed by atoms with Crippen molar-refractivity contribution in [2.24, 2.45) is 0 Å². The first-order valence-corrected chi connectivity index (χ1v) is 15.9. The molecule has 0 bridgehead atoms. The number of aliphatic hydroxyl groups excluding tert-OH is 1. The minimum Gasteiger partial charge on any atom is -0.445 e. The van der Waals surface area contributed by atoms with Gasteiger partial charge in [0.25, 0.3) is 5.91 Å². The van der Waals surface area contributed by atoms with Gasteiger partial charge in [-0.15, -0.1) is 0 Å². The maximum atomic E-state index is 14.7. The number of aliphatic hydroxyl groups is 1. The van der Waals surface area contributed by atoms with Crippen LogP contribution in [0.4, 0.5) is 10.5 Å². The number of anilines is 1. The lowest BCUT2D eigenvalue weighted by Gasteiger charge is -2.36. The molecule has 1 aromatic heterocycles. The summed E-state index contributed by atoms with van der Waals surface area (Å²) in [6.07, 6.45) is 6.64. The van der Waals surface area contributed by atoms with E-state index in [1.807, 2.05) is 54.6 Å². The number of carbonyl (C=O) groups is 3. The summed E-state index contributed by atoms with van der Waals surface area (Å²) >= 11 is 0. The number of amides is 3. The summed E-state index contributed by atoms with van der Waals surface area (Å²) in [6, 6.07) is 18.4. The number of hydrogen-bond acceptors (Lipinski definition) is 6. The standard InChI is InChI=1S/C36H44N4O5/c1-36(2,3)27-16-18-29(19-17-27)40(32(26-13-10-20-37-22-26)33(42)38-28-14-8-5-9-15-28)34(43)31-21-30(41)23-39(31)35(44)45-24-25-11-6-4-7-12-25/h4,6-7,10-13,16-20,22,28,30-32,41H,5,8-9,14-15,21,23-24H2,1-3H3,(H,38,42)/t30-,31+,32?/m0/s1. The Labute approximate surface area is 265 Å². The van der Waals surface area contributed by atoms with Crippen molar-refractivity contribution in [2.45, 2.75) is 95.5 Å². The Morgan fingerprint density at radius 3 is 2.36 bits per heavy atom. The Bertz CT molecular complexity index is 1440. The number of pyridine rings is 1. The van der Waals surface area contributed by atoms with Crippen LogP contribution in [0.15, 0.2) is 79.1 Å². The number of aromatic nitrogens is 1. The quantitative estimate of drug-likeness (QED) is 0.339. The average Bonchev–Trinajstić information content (AvgIpc) is 3.45. The Kier molecular flexibility index (Phi) is 10.2. The van der Waals surface area contributed by atoms with Crippen molar-refractivity contribution in [1.29, 1.82) is 0 Å². The molecule has 3 amide bonds. The Hall–Kier alpha value is -4.24. The van der Waals surface area contributed by atoms with Crippen molar-refractivity contribution in [3.05, 3.63) is 95.8 Å². The first-order chi connectivity index (χ1) is 21.6. The number of nitrogens with one attached hydrogen (secondary N) is 1. The van der Waals surface area contributed by atoms with E-state index in [-0.39, 0.29) is 36.9 Å². The number of carbonyl (C=O) groups excluding carboxylic acids is 3. The highest BCUT2D eigenvalue weighted by Gasteiger charge is 2.45. The topological polar surface area (TPSA) is 112 Å². The highest BCUT2D eigenvalue weighted by atomic mass is 16.6. The molecule has 2 fully saturated rings. The maximum Gasteiger partial charge on any atom is 0.410 e. The Morgan fingerprint density at radius 1 is 1.00 bits per heavy atom. The molecule has 1 aliphatic carbocycles. The van der Waals surface area contributed by atoms with Gasteiger partial charge in [0, 0.05) is 36.1 Å². The van der Waals surface area contributed by atoms with Gasteiger partial charge in [-0.1, -0.05) is 88.6 Å². The van der Waals surface area contributed by atoms with Crippen molar-refractivity contribution in [2.75, 3.05) is 11.4 Å². The molecule has 238 valence electrons. The molecular formula is C36H44N4O5. The number of rotatable bonds is 8. The van der Waals surface area contributed by atoms with Crippen LogP contribution in [0.3, 0.4) is 0 Å². The zero-order valence-electron chi connectivity index (χ0n) is 26.4. The molecule has 0 radical (unpaired) electrons. The van der Waals surface area contributed by atoms with Gasteiger partial charge >= 0.3 is 6.09 Å². The van der Waals surface area contributed by atoms with Crippen LogP contribution in [0, 0.1) is 0 Å². The van der Waals surface area contributed by atoms with Gasteiger partial charge in [-0.05, 0) is 47.6 Å². The molecule has 1 unspecified atom stereocenters. The van der Waals surface area contributed by atoms with E-state index >= 15 is 0 Å². The molecule has 2 aliphatic rings. The number of likely N-dealkylation sites (tertiary alicyclic amines) is 1. The zero-order chi connectivity index (χ0) is 32.0. The average molecular weight is 613 g/mol. The fourth-order valence-corrected chi connectivity index (χ4v) is 6.22. The first kappa shape index (κ1) is 32.2. The number of nitrogens with zero attached hydrogens (tertiary/aromatic N) is 3. The molecule has 1 saturated carbocycles. The second-order valence-corrected chi connectivity index (χ2v) is 13.1. The molecule has 3 aromatic rings. The third-order valence-corrected chi connectivity index (χ3v) is 8.71. The van der Waals surface area contributed by atoms with Crippen molar-refractivity contribution in [3.8, 4) is 0 Å². The van der Waals surface area contributed by atoms with Crippen LogP contribution in [-0.4, -0.2) is 57.6 Å². The van der Waals surface area contributed by atoms with Crippen LogP contribution in [0.1, 0.15) is 82.0 Å². The molecule has 2 N–H and O–H groups in total. The molecule has 0 spiro atoms. The summed E-state index contributed by atoms with van der Waals surface area (Å²) in [4.78, 5) is 49.4. The molecule has 5 rings (SSSR count). The van der Waals surface area contributed by atoms with Crippen LogP contribution < -0.4 is 10.2 Å². The SMILES string of the molecule is CC(C)(C)c1ccc(N(C(=O)[C@H]2C[C@H](O)CN2C(=O)OCc2ccccc2)C(C(=O)NC2CCCCC2)c2cccnc2)cc1. The van der Waals surface area contributed by atoms with E-state index < -0.39 is 30.2 Å². The zero-order valence-corrected chi connectivity index (χ0v) is 26.4. The largest absolute Gasteiger partial charge is 0.445 e. The van der Waals surface area contributed by atoms with E-state index in [2.05, 4.69) is 31.1 Å². The van der Waals surface area contributed by atoms with E-state index in [0.29, 0.717) is 11.3 Å². The van der Waals surface area contributed by atoms with Gasteiger partial charge in [0.15, 0.2) is 0 Å². The van der Waals surface area contributed by atoms with E-state index in [0.717, 1.165) is 43.2 Å². The molecule has 9 nitrogen and oxygen atoms in total. The van der Waals surface area contributed by atoms with Crippen LogP contribution in [0.5, 0.6) is 0 Å². The lowest BCUT2D eigenvalue weighted by atomic mass is 9.87. The highest BCUT2D eigenvalue weighted by Crippen LogP contribution is 2.34. The third-order valence-electron chi connectivity index (χ3n) is 8.71. The summed E-state index contributed by atoms with van der Waals surface area (Å²) in [5.41, 5.74) is 2.83. The second kappa shape index (κ2) is 14.2. The molecule has 45 heavy (non-hydrogen) atoms. The van der Waals surface area contributed by atoms with E-state index in [9.17, 15) is 19.5 Å². The summed E-state index contributed by atoms with van der Waals surface area (Å²) < 4.78 is 5.59. The van der Waals surface area contributed by atoms with Crippen LogP contribution >= 0.6 is 0 Å².